The van der Waals surface area contributed by atoms with Crippen molar-refractivity contribution in [2.75, 3.05) is 11.9 Å². The van der Waals surface area contributed by atoms with Crippen molar-refractivity contribution in [2.24, 2.45) is 5.92 Å². The van der Waals surface area contributed by atoms with Crippen molar-refractivity contribution in [2.45, 2.75) is 52.2 Å². The van der Waals surface area contributed by atoms with Crippen LogP contribution >= 0.6 is 0 Å². The van der Waals surface area contributed by atoms with Crippen molar-refractivity contribution in [3.63, 3.8) is 0 Å². The fraction of sp³-hybridized carbons (Fsp3) is 0.625. The molecule has 1 atom stereocenters. The second-order valence-corrected chi connectivity index (χ2v) is 5.49. The van der Waals surface area contributed by atoms with Gasteiger partial charge in [-0.05, 0) is 44.4 Å². The van der Waals surface area contributed by atoms with Gasteiger partial charge in [0, 0.05) is 17.3 Å². The molecule has 0 radical (unpaired) electrons. The summed E-state index contributed by atoms with van der Waals surface area (Å²) in [6.45, 7) is 4.82. The van der Waals surface area contributed by atoms with Gasteiger partial charge in [-0.25, -0.2) is 0 Å². The summed E-state index contributed by atoms with van der Waals surface area (Å²) in [6, 6.07) is 6.44. The maximum Gasteiger partial charge on any atom is 0.124 e. The lowest BCUT2D eigenvalue weighted by Gasteiger charge is -2.29. The van der Waals surface area contributed by atoms with Crippen LogP contribution in [0.1, 0.15) is 45.1 Å². The lowest BCUT2D eigenvalue weighted by atomic mass is 9.81. The van der Waals surface area contributed by atoms with E-state index in [9.17, 15) is 5.11 Å². The van der Waals surface area contributed by atoms with Gasteiger partial charge in [0.25, 0.3) is 0 Å². The molecule has 1 fully saturated rings. The Morgan fingerprint density at radius 2 is 2.21 bits per heavy atom. The van der Waals surface area contributed by atoms with Crippen molar-refractivity contribution >= 4 is 5.69 Å². The highest BCUT2D eigenvalue weighted by atomic mass is 16.5. The molecule has 0 saturated heterocycles. The molecule has 0 aliphatic heterocycles. The Morgan fingerprint density at radius 3 is 2.79 bits per heavy atom. The maximum atomic E-state index is 9.39. The summed E-state index contributed by atoms with van der Waals surface area (Å²) < 4.78 is 5.49. The summed E-state index contributed by atoms with van der Waals surface area (Å²) >= 11 is 0. The van der Waals surface area contributed by atoms with Crippen LogP contribution in [0.4, 0.5) is 5.69 Å². The van der Waals surface area contributed by atoms with Crippen LogP contribution in [-0.4, -0.2) is 17.8 Å². The molecule has 0 aromatic heterocycles. The van der Waals surface area contributed by atoms with Crippen molar-refractivity contribution in [1.82, 2.24) is 0 Å². The third-order valence-corrected chi connectivity index (χ3v) is 3.86. The van der Waals surface area contributed by atoms with Crippen LogP contribution in [0.5, 0.6) is 5.75 Å². The molecule has 1 aliphatic carbocycles. The van der Waals surface area contributed by atoms with Crippen LogP contribution in [0.25, 0.3) is 0 Å². The van der Waals surface area contributed by atoms with Crippen molar-refractivity contribution in [1.29, 1.82) is 0 Å². The summed E-state index contributed by atoms with van der Waals surface area (Å²) in [4.78, 5) is 0. The molecule has 106 valence electrons. The number of hydrogen-bond donors (Lipinski definition) is 2. The monoisotopic (exact) mass is 263 g/mol. The fourth-order valence-electron chi connectivity index (χ4n) is 2.66. The standard InChI is InChI=1S/C16H25NO2/c1-3-19-16-8-7-15(10-14(16)11-18)17-12(2)9-13-5-4-6-13/h7-8,10,12-13,17-18H,3-6,9,11H2,1-2H3. The molecule has 2 N–H and O–H groups in total. The first-order chi connectivity index (χ1) is 9.22. The topological polar surface area (TPSA) is 41.5 Å². The van der Waals surface area contributed by atoms with Gasteiger partial charge in [-0.1, -0.05) is 19.3 Å². The van der Waals surface area contributed by atoms with E-state index >= 15 is 0 Å². The quantitative estimate of drug-likeness (QED) is 0.790. The number of hydrogen-bond acceptors (Lipinski definition) is 3. The Kier molecular flexibility index (Phi) is 5.08. The van der Waals surface area contributed by atoms with E-state index in [-0.39, 0.29) is 6.61 Å². The van der Waals surface area contributed by atoms with Gasteiger partial charge in [0.15, 0.2) is 0 Å². The molecule has 19 heavy (non-hydrogen) atoms. The molecule has 3 nitrogen and oxygen atoms in total. The van der Waals surface area contributed by atoms with Crippen LogP contribution in [0.2, 0.25) is 0 Å². The van der Waals surface area contributed by atoms with Crippen molar-refractivity contribution < 1.29 is 9.84 Å². The van der Waals surface area contributed by atoms with Gasteiger partial charge < -0.3 is 15.2 Å². The van der Waals surface area contributed by atoms with Gasteiger partial charge in [-0.15, -0.1) is 0 Å². The highest BCUT2D eigenvalue weighted by Gasteiger charge is 2.19. The van der Waals surface area contributed by atoms with E-state index in [1.165, 1.54) is 25.7 Å². The van der Waals surface area contributed by atoms with Crippen LogP contribution in [0, 0.1) is 5.92 Å². The molecule has 2 rings (SSSR count). The van der Waals surface area contributed by atoms with Gasteiger partial charge in [-0.3, -0.25) is 0 Å². The zero-order valence-corrected chi connectivity index (χ0v) is 12.0. The predicted molar refractivity (Wildman–Crippen MR) is 78.6 cm³/mol. The number of ether oxygens (including phenoxy) is 1. The van der Waals surface area contributed by atoms with E-state index < -0.39 is 0 Å². The zero-order valence-electron chi connectivity index (χ0n) is 12.0. The second kappa shape index (κ2) is 6.80. The average molecular weight is 263 g/mol. The highest BCUT2D eigenvalue weighted by Crippen LogP contribution is 2.31. The minimum absolute atomic E-state index is 0.0157. The lowest BCUT2D eigenvalue weighted by molar-refractivity contribution is 0.267. The summed E-state index contributed by atoms with van der Waals surface area (Å²) in [7, 11) is 0. The van der Waals surface area contributed by atoms with Crippen LogP contribution in [-0.2, 0) is 6.61 Å². The Morgan fingerprint density at radius 1 is 1.42 bits per heavy atom. The molecule has 0 spiro atoms. The molecule has 0 bridgehead atoms. The van der Waals surface area contributed by atoms with Gasteiger partial charge in [0.1, 0.15) is 5.75 Å². The second-order valence-electron chi connectivity index (χ2n) is 5.49. The minimum atomic E-state index is 0.0157. The van der Waals surface area contributed by atoms with E-state index in [0.29, 0.717) is 12.6 Å². The zero-order chi connectivity index (χ0) is 13.7. The van der Waals surface area contributed by atoms with E-state index in [1.807, 2.05) is 25.1 Å². The number of nitrogens with one attached hydrogen (secondary N) is 1. The highest BCUT2D eigenvalue weighted by molar-refractivity contribution is 5.51. The van der Waals surface area contributed by atoms with Crippen molar-refractivity contribution in [3.05, 3.63) is 23.8 Å². The maximum absolute atomic E-state index is 9.39. The fourth-order valence-corrected chi connectivity index (χ4v) is 2.66. The Hall–Kier alpha value is -1.22. The molecule has 1 saturated carbocycles. The number of benzene rings is 1. The molecule has 0 heterocycles. The third kappa shape index (κ3) is 3.87. The molecule has 1 aliphatic rings. The smallest absolute Gasteiger partial charge is 0.124 e. The number of aliphatic hydroxyl groups is 1. The third-order valence-electron chi connectivity index (χ3n) is 3.86. The SMILES string of the molecule is CCOc1ccc(NC(C)CC2CCC2)cc1CO. The van der Waals surface area contributed by atoms with Gasteiger partial charge in [-0.2, -0.15) is 0 Å². The van der Waals surface area contributed by atoms with Crippen LogP contribution in [0.15, 0.2) is 18.2 Å². The molecular formula is C16H25NO2. The minimum Gasteiger partial charge on any atom is -0.494 e. The Bertz CT molecular complexity index is 402. The largest absolute Gasteiger partial charge is 0.494 e. The number of anilines is 1. The average Bonchev–Trinajstić information content (AvgIpc) is 2.36. The summed E-state index contributed by atoms with van der Waals surface area (Å²) in [5.74, 6) is 1.68. The number of aliphatic hydroxyl groups excluding tert-OH is 1. The van der Waals surface area contributed by atoms with Crippen LogP contribution in [0.3, 0.4) is 0 Å². The Balaban J connectivity index is 1.95. The van der Waals surface area contributed by atoms with E-state index in [4.69, 9.17) is 4.74 Å². The molecular weight excluding hydrogens is 238 g/mol. The lowest BCUT2D eigenvalue weighted by Crippen LogP contribution is -2.23. The predicted octanol–water partition coefficient (Wildman–Crippen LogP) is 3.57. The van der Waals surface area contributed by atoms with Gasteiger partial charge in [0.05, 0.1) is 13.2 Å². The summed E-state index contributed by atoms with van der Waals surface area (Å²) in [6.07, 6.45) is 5.41. The molecule has 0 amide bonds. The normalized spacial score (nSPS) is 16.8. The summed E-state index contributed by atoms with van der Waals surface area (Å²) in [5.41, 5.74) is 1.92. The first-order valence-corrected chi connectivity index (χ1v) is 7.36. The van der Waals surface area contributed by atoms with E-state index in [2.05, 4.69) is 12.2 Å². The van der Waals surface area contributed by atoms with E-state index in [0.717, 1.165) is 22.9 Å². The Labute approximate surface area is 116 Å². The molecule has 1 aromatic carbocycles. The number of rotatable bonds is 7. The van der Waals surface area contributed by atoms with Crippen molar-refractivity contribution in [3.8, 4) is 5.75 Å². The summed E-state index contributed by atoms with van der Waals surface area (Å²) in [5, 5.41) is 12.9. The first kappa shape index (κ1) is 14.2. The first-order valence-electron chi connectivity index (χ1n) is 7.36. The molecule has 1 unspecified atom stereocenters. The van der Waals surface area contributed by atoms with E-state index in [1.54, 1.807) is 0 Å². The molecule has 3 heteroatoms. The van der Waals surface area contributed by atoms with Gasteiger partial charge >= 0.3 is 0 Å². The van der Waals surface area contributed by atoms with Gasteiger partial charge in [0.2, 0.25) is 0 Å². The van der Waals surface area contributed by atoms with Crippen LogP contribution < -0.4 is 10.1 Å². The molecule has 1 aromatic rings.